The molecule has 0 unspecified atom stereocenters. The van der Waals surface area contributed by atoms with Gasteiger partial charge in [0.25, 0.3) is 0 Å². The zero-order chi connectivity index (χ0) is 13.4. The zero-order valence-electron chi connectivity index (χ0n) is 12.3. The standard InChI is InChI=1S/C14H26N2O2/c1-13(2,3)16-12(17-14(4,5)18-16)15-11-9-7-6-8-10-11/h11H,6-10H2,1-5H3. The molecular formula is C14H26N2O2. The van der Waals surface area contributed by atoms with E-state index in [9.17, 15) is 0 Å². The van der Waals surface area contributed by atoms with Crippen LogP contribution < -0.4 is 0 Å². The van der Waals surface area contributed by atoms with Crippen LogP contribution in [0.15, 0.2) is 4.99 Å². The maximum atomic E-state index is 5.85. The predicted octanol–water partition coefficient (Wildman–Crippen LogP) is 3.47. The molecule has 0 amide bonds. The van der Waals surface area contributed by atoms with Gasteiger partial charge in [0, 0.05) is 13.8 Å². The van der Waals surface area contributed by atoms with Gasteiger partial charge >= 0.3 is 6.02 Å². The predicted molar refractivity (Wildman–Crippen MR) is 72.1 cm³/mol. The van der Waals surface area contributed by atoms with Gasteiger partial charge in [0.05, 0.1) is 11.6 Å². The molecule has 1 aliphatic carbocycles. The Hall–Kier alpha value is -0.770. The summed E-state index contributed by atoms with van der Waals surface area (Å²) in [5.41, 5.74) is -0.138. The normalized spacial score (nSPS) is 27.6. The fraction of sp³-hybridized carbons (Fsp3) is 0.929. The van der Waals surface area contributed by atoms with E-state index in [2.05, 4.69) is 20.8 Å². The molecule has 0 radical (unpaired) electrons. The van der Waals surface area contributed by atoms with E-state index < -0.39 is 5.79 Å². The van der Waals surface area contributed by atoms with Crippen LogP contribution in [0.2, 0.25) is 0 Å². The monoisotopic (exact) mass is 254 g/mol. The van der Waals surface area contributed by atoms with Gasteiger partial charge in [0.1, 0.15) is 0 Å². The van der Waals surface area contributed by atoms with Crippen molar-refractivity contribution < 1.29 is 9.57 Å². The van der Waals surface area contributed by atoms with Gasteiger partial charge in [-0.05, 0) is 33.6 Å². The van der Waals surface area contributed by atoms with Crippen LogP contribution in [0, 0.1) is 0 Å². The highest BCUT2D eigenvalue weighted by molar-refractivity contribution is 5.75. The number of amidine groups is 1. The second-order valence-electron chi connectivity index (χ2n) is 6.76. The summed E-state index contributed by atoms with van der Waals surface area (Å²) in [5.74, 6) is -0.610. The third kappa shape index (κ3) is 3.16. The first-order valence-corrected chi connectivity index (χ1v) is 7.04. The molecule has 0 N–H and O–H groups in total. The zero-order valence-corrected chi connectivity index (χ0v) is 12.3. The van der Waals surface area contributed by atoms with E-state index >= 15 is 0 Å². The van der Waals surface area contributed by atoms with Crippen LogP contribution in [-0.4, -0.2) is 28.5 Å². The van der Waals surface area contributed by atoms with Gasteiger partial charge in [-0.3, -0.25) is 0 Å². The lowest BCUT2D eigenvalue weighted by molar-refractivity contribution is -0.239. The van der Waals surface area contributed by atoms with Gasteiger partial charge in [0.15, 0.2) is 0 Å². The number of aliphatic imine (C=N–C) groups is 1. The summed E-state index contributed by atoms with van der Waals surface area (Å²) >= 11 is 0. The van der Waals surface area contributed by atoms with Gasteiger partial charge in [-0.1, -0.05) is 19.3 Å². The van der Waals surface area contributed by atoms with Crippen molar-refractivity contribution in [3.05, 3.63) is 0 Å². The molecule has 2 rings (SSSR count). The fourth-order valence-corrected chi connectivity index (χ4v) is 2.41. The summed E-state index contributed by atoms with van der Waals surface area (Å²) in [7, 11) is 0. The molecule has 0 aromatic heterocycles. The highest BCUT2D eigenvalue weighted by Gasteiger charge is 2.43. The van der Waals surface area contributed by atoms with Gasteiger partial charge in [0.2, 0.25) is 5.79 Å². The maximum absolute atomic E-state index is 5.85. The fourth-order valence-electron chi connectivity index (χ4n) is 2.41. The minimum atomic E-state index is -0.610. The first kappa shape index (κ1) is 13.7. The second kappa shape index (κ2) is 4.72. The van der Waals surface area contributed by atoms with Crippen LogP contribution >= 0.6 is 0 Å². The molecule has 2 fully saturated rings. The average molecular weight is 254 g/mol. The Labute approximate surface area is 110 Å². The molecule has 4 nitrogen and oxygen atoms in total. The Morgan fingerprint density at radius 1 is 1.17 bits per heavy atom. The lowest BCUT2D eigenvalue weighted by Gasteiger charge is -2.30. The summed E-state index contributed by atoms with van der Waals surface area (Å²) in [5, 5.41) is 1.82. The number of rotatable bonds is 1. The molecule has 0 atom stereocenters. The molecule has 4 heteroatoms. The van der Waals surface area contributed by atoms with Crippen molar-refractivity contribution in [2.45, 2.75) is 84.1 Å². The summed E-state index contributed by atoms with van der Waals surface area (Å²) in [6.45, 7) is 10.2. The van der Waals surface area contributed by atoms with Crippen molar-refractivity contribution >= 4 is 6.02 Å². The van der Waals surface area contributed by atoms with Gasteiger partial charge in [-0.15, -0.1) is 0 Å². The third-order valence-electron chi connectivity index (χ3n) is 3.30. The van der Waals surface area contributed by atoms with Gasteiger partial charge < -0.3 is 4.74 Å². The van der Waals surface area contributed by atoms with Crippen molar-refractivity contribution in [3.8, 4) is 0 Å². The van der Waals surface area contributed by atoms with E-state index in [0.717, 1.165) is 0 Å². The van der Waals surface area contributed by atoms with Gasteiger partial charge in [-0.2, -0.15) is 5.06 Å². The van der Waals surface area contributed by atoms with Crippen molar-refractivity contribution in [2.24, 2.45) is 4.99 Å². The first-order chi connectivity index (χ1) is 8.28. The maximum Gasteiger partial charge on any atom is 0.315 e. The van der Waals surface area contributed by atoms with Crippen molar-refractivity contribution in [3.63, 3.8) is 0 Å². The van der Waals surface area contributed by atoms with E-state index in [1.807, 2.05) is 18.9 Å². The van der Waals surface area contributed by atoms with Gasteiger partial charge in [-0.25, -0.2) is 9.83 Å². The molecule has 1 saturated heterocycles. The highest BCUT2D eigenvalue weighted by atomic mass is 16.9. The number of hydrogen-bond donors (Lipinski definition) is 0. The SMILES string of the molecule is CC1(C)OC(=NC2CCCCC2)N(C(C)(C)C)O1. The van der Waals surface area contributed by atoms with Crippen LogP contribution in [0.1, 0.15) is 66.7 Å². The molecule has 18 heavy (non-hydrogen) atoms. The van der Waals surface area contributed by atoms with Crippen LogP contribution in [-0.2, 0) is 9.57 Å². The minimum absolute atomic E-state index is 0.138. The molecule has 0 bridgehead atoms. The first-order valence-electron chi connectivity index (χ1n) is 7.04. The Bertz CT molecular complexity index is 325. The number of ether oxygens (including phenoxy) is 1. The Balaban J connectivity index is 2.15. The summed E-state index contributed by atoms with van der Waals surface area (Å²) in [4.78, 5) is 10.6. The summed E-state index contributed by atoms with van der Waals surface area (Å²) in [6.07, 6.45) is 6.24. The lowest BCUT2D eigenvalue weighted by Crippen LogP contribution is -2.42. The molecule has 1 heterocycles. The minimum Gasteiger partial charge on any atom is -0.429 e. The van der Waals surface area contributed by atoms with Crippen LogP contribution in [0.4, 0.5) is 0 Å². The Morgan fingerprint density at radius 3 is 2.33 bits per heavy atom. The molecule has 0 aromatic rings. The van der Waals surface area contributed by atoms with E-state index in [-0.39, 0.29) is 5.54 Å². The van der Waals surface area contributed by atoms with Crippen molar-refractivity contribution in [1.29, 1.82) is 0 Å². The Kier molecular flexibility index (Phi) is 3.58. The van der Waals surface area contributed by atoms with E-state index in [4.69, 9.17) is 14.6 Å². The summed E-state index contributed by atoms with van der Waals surface area (Å²) < 4.78 is 5.84. The number of nitrogens with zero attached hydrogens (tertiary/aromatic N) is 2. The lowest BCUT2D eigenvalue weighted by atomic mass is 9.96. The molecule has 0 spiro atoms. The largest absolute Gasteiger partial charge is 0.429 e. The van der Waals surface area contributed by atoms with E-state index in [0.29, 0.717) is 12.1 Å². The van der Waals surface area contributed by atoms with Crippen LogP contribution in [0.3, 0.4) is 0 Å². The van der Waals surface area contributed by atoms with Crippen molar-refractivity contribution in [2.75, 3.05) is 0 Å². The smallest absolute Gasteiger partial charge is 0.315 e. The average Bonchev–Trinajstić information content (AvgIpc) is 2.55. The summed E-state index contributed by atoms with van der Waals surface area (Å²) in [6, 6.07) is 1.05. The molecule has 1 saturated carbocycles. The molecule has 0 aromatic carbocycles. The Morgan fingerprint density at radius 2 is 1.78 bits per heavy atom. The van der Waals surface area contributed by atoms with Crippen LogP contribution in [0.25, 0.3) is 0 Å². The second-order valence-corrected chi connectivity index (χ2v) is 6.76. The molecule has 1 aliphatic heterocycles. The van der Waals surface area contributed by atoms with E-state index in [1.54, 1.807) is 0 Å². The quantitative estimate of drug-likeness (QED) is 0.718. The third-order valence-corrected chi connectivity index (χ3v) is 3.30. The van der Waals surface area contributed by atoms with E-state index in [1.165, 1.54) is 32.1 Å². The topological polar surface area (TPSA) is 34.1 Å². The molecule has 2 aliphatic rings. The molecular weight excluding hydrogens is 228 g/mol. The molecule has 104 valence electrons. The highest BCUT2D eigenvalue weighted by Crippen LogP contribution is 2.31. The number of hydroxylamine groups is 2. The number of hydrogen-bond acceptors (Lipinski definition) is 3. The van der Waals surface area contributed by atoms with Crippen LogP contribution in [0.5, 0.6) is 0 Å². The van der Waals surface area contributed by atoms with Crippen molar-refractivity contribution in [1.82, 2.24) is 5.06 Å².